The molecule has 1 aromatic carbocycles. The molecule has 4 heteroatoms. The largest absolute Gasteiger partial charge is 0.497 e. The topological polar surface area (TPSA) is 61.3 Å². The van der Waals surface area contributed by atoms with Crippen molar-refractivity contribution in [1.29, 1.82) is 0 Å². The maximum absolute atomic E-state index is 6.33. The van der Waals surface area contributed by atoms with Gasteiger partial charge in [0.2, 0.25) is 0 Å². The zero-order chi connectivity index (χ0) is 12.5. The lowest BCUT2D eigenvalue weighted by Crippen LogP contribution is -2.46. The lowest BCUT2D eigenvalue weighted by molar-refractivity contribution is 0.105. The third-order valence-corrected chi connectivity index (χ3v) is 4.29. The summed E-state index contributed by atoms with van der Waals surface area (Å²) in [6, 6.07) is 5.56. The molecule has 0 bridgehead atoms. The second-order valence-corrected chi connectivity index (χ2v) is 5.19. The molecule has 0 spiro atoms. The van der Waals surface area contributed by atoms with Crippen molar-refractivity contribution in [2.45, 2.75) is 25.3 Å². The van der Waals surface area contributed by atoms with Crippen LogP contribution < -0.4 is 16.2 Å². The summed E-state index contributed by atoms with van der Waals surface area (Å²) in [5, 5.41) is 0.663. The highest BCUT2D eigenvalue weighted by Crippen LogP contribution is 2.49. The van der Waals surface area contributed by atoms with Gasteiger partial charge in [-0.05, 0) is 37.1 Å². The van der Waals surface area contributed by atoms with Gasteiger partial charge in [-0.2, -0.15) is 0 Å². The van der Waals surface area contributed by atoms with Crippen LogP contribution in [-0.4, -0.2) is 13.7 Å². The van der Waals surface area contributed by atoms with Gasteiger partial charge in [-0.15, -0.1) is 0 Å². The zero-order valence-corrected chi connectivity index (χ0v) is 10.8. The van der Waals surface area contributed by atoms with Gasteiger partial charge in [-0.3, -0.25) is 0 Å². The summed E-state index contributed by atoms with van der Waals surface area (Å²) in [7, 11) is 1.62. The normalized spacial score (nSPS) is 19.5. The van der Waals surface area contributed by atoms with E-state index in [9.17, 15) is 0 Å². The van der Waals surface area contributed by atoms with Gasteiger partial charge in [0.1, 0.15) is 5.75 Å². The maximum Gasteiger partial charge on any atom is 0.120 e. The smallest absolute Gasteiger partial charge is 0.120 e. The SMILES string of the molecule is COc1ccc(C(N)C2(CN)CCC2)c(Cl)c1. The number of nitrogens with two attached hydrogens (primary N) is 2. The van der Waals surface area contributed by atoms with Crippen LogP contribution in [-0.2, 0) is 0 Å². The minimum absolute atomic E-state index is 0.0399. The van der Waals surface area contributed by atoms with Crippen LogP contribution in [0.15, 0.2) is 18.2 Å². The number of rotatable bonds is 4. The van der Waals surface area contributed by atoms with E-state index in [1.807, 2.05) is 12.1 Å². The average Bonchev–Trinajstić information content (AvgIpc) is 2.28. The molecule has 1 aromatic rings. The molecular formula is C13H19ClN2O. The van der Waals surface area contributed by atoms with Crippen molar-refractivity contribution in [2.75, 3.05) is 13.7 Å². The summed E-state index contributed by atoms with van der Waals surface area (Å²) in [6.45, 7) is 0.622. The summed E-state index contributed by atoms with van der Waals surface area (Å²) in [4.78, 5) is 0. The molecule has 1 aliphatic carbocycles. The molecule has 0 radical (unpaired) electrons. The Bertz CT molecular complexity index is 399. The van der Waals surface area contributed by atoms with Gasteiger partial charge in [0, 0.05) is 16.5 Å². The zero-order valence-electron chi connectivity index (χ0n) is 10.1. The molecule has 1 atom stereocenters. The molecule has 0 aliphatic heterocycles. The molecule has 0 heterocycles. The first-order chi connectivity index (χ1) is 8.13. The van der Waals surface area contributed by atoms with E-state index in [1.54, 1.807) is 13.2 Å². The van der Waals surface area contributed by atoms with Crippen LogP contribution in [0.4, 0.5) is 0 Å². The molecule has 17 heavy (non-hydrogen) atoms. The molecule has 1 saturated carbocycles. The maximum atomic E-state index is 6.33. The summed E-state index contributed by atoms with van der Waals surface area (Å²) < 4.78 is 5.13. The second-order valence-electron chi connectivity index (χ2n) is 4.79. The predicted octanol–water partition coefficient (Wildman–Crippen LogP) is 2.48. The fourth-order valence-corrected chi connectivity index (χ4v) is 2.78. The Morgan fingerprint density at radius 3 is 2.59 bits per heavy atom. The lowest BCUT2D eigenvalue weighted by atomic mass is 9.63. The molecule has 94 valence electrons. The van der Waals surface area contributed by atoms with Crippen molar-refractivity contribution in [3.63, 3.8) is 0 Å². The Labute approximate surface area is 107 Å². The summed E-state index contributed by atoms with van der Waals surface area (Å²) in [6.07, 6.45) is 3.39. The Balaban J connectivity index is 2.27. The quantitative estimate of drug-likeness (QED) is 0.868. The van der Waals surface area contributed by atoms with Crippen LogP contribution in [0.25, 0.3) is 0 Å². The van der Waals surface area contributed by atoms with Crippen LogP contribution >= 0.6 is 11.6 Å². The van der Waals surface area contributed by atoms with E-state index in [4.69, 9.17) is 27.8 Å². The number of benzene rings is 1. The Hall–Kier alpha value is -0.770. The van der Waals surface area contributed by atoms with E-state index >= 15 is 0 Å². The van der Waals surface area contributed by atoms with Crippen LogP contribution in [0.1, 0.15) is 30.9 Å². The van der Waals surface area contributed by atoms with E-state index in [0.717, 1.165) is 24.2 Å². The van der Waals surface area contributed by atoms with Crippen molar-refractivity contribution >= 4 is 11.6 Å². The Morgan fingerprint density at radius 2 is 2.18 bits per heavy atom. The van der Waals surface area contributed by atoms with Crippen molar-refractivity contribution in [2.24, 2.45) is 16.9 Å². The van der Waals surface area contributed by atoms with Crippen LogP contribution in [0.5, 0.6) is 5.75 Å². The van der Waals surface area contributed by atoms with Crippen molar-refractivity contribution in [3.05, 3.63) is 28.8 Å². The van der Waals surface area contributed by atoms with Gasteiger partial charge < -0.3 is 16.2 Å². The molecule has 1 unspecified atom stereocenters. The molecule has 0 amide bonds. The molecule has 1 aliphatic rings. The van der Waals surface area contributed by atoms with Crippen molar-refractivity contribution < 1.29 is 4.74 Å². The summed E-state index contributed by atoms with van der Waals surface area (Å²) >= 11 is 6.25. The van der Waals surface area contributed by atoms with Gasteiger partial charge in [-0.1, -0.05) is 24.1 Å². The first-order valence-corrected chi connectivity index (χ1v) is 6.30. The minimum Gasteiger partial charge on any atom is -0.497 e. The van der Waals surface area contributed by atoms with Crippen LogP contribution in [0.3, 0.4) is 0 Å². The predicted molar refractivity (Wildman–Crippen MR) is 70.3 cm³/mol. The molecule has 0 aromatic heterocycles. The number of methoxy groups -OCH3 is 1. The lowest BCUT2D eigenvalue weighted by Gasteiger charge is -2.46. The van der Waals surface area contributed by atoms with E-state index in [2.05, 4.69) is 0 Å². The standard InChI is InChI=1S/C13H19ClN2O/c1-17-9-3-4-10(11(14)7-9)12(16)13(8-15)5-2-6-13/h3-4,7,12H,2,5-6,8,15-16H2,1H3. The van der Waals surface area contributed by atoms with Gasteiger partial charge in [0.05, 0.1) is 7.11 Å². The first-order valence-electron chi connectivity index (χ1n) is 5.92. The van der Waals surface area contributed by atoms with Crippen LogP contribution in [0, 0.1) is 5.41 Å². The number of ether oxygens (including phenoxy) is 1. The highest BCUT2D eigenvalue weighted by molar-refractivity contribution is 6.31. The highest BCUT2D eigenvalue weighted by Gasteiger charge is 2.42. The molecule has 1 fully saturated rings. The first kappa shape index (κ1) is 12.7. The number of hydrogen-bond donors (Lipinski definition) is 2. The van der Waals surface area contributed by atoms with Gasteiger partial charge >= 0.3 is 0 Å². The van der Waals surface area contributed by atoms with Crippen molar-refractivity contribution in [1.82, 2.24) is 0 Å². The minimum atomic E-state index is -0.0837. The molecule has 2 rings (SSSR count). The summed E-state index contributed by atoms with van der Waals surface area (Å²) in [5.74, 6) is 0.751. The molecule has 4 N–H and O–H groups in total. The number of halogens is 1. The van der Waals surface area contributed by atoms with Crippen molar-refractivity contribution in [3.8, 4) is 5.75 Å². The number of hydrogen-bond acceptors (Lipinski definition) is 3. The fraction of sp³-hybridized carbons (Fsp3) is 0.538. The third-order valence-electron chi connectivity index (χ3n) is 3.96. The fourth-order valence-electron chi connectivity index (χ4n) is 2.49. The monoisotopic (exact) mass is 254 g/mol. The van der Waals surface area contributed by atoms with E-state index in [1.165, 1.54) is 6.42 Å². The van der Waals surface area contributed by atoms with Crippen LogP contribution in [0.2, 0.25) is 5.02 Å². The molecular weight excluding hydrogens is 236 g/mol. The van der Waals surface area contributed by atoms with Gasteiger partial charge in [-0.25, -0.2) is 0 Å². The highest BCUT2D eigenvalue weighted by atomic mass is 35.5. The van der Waals surface area contributed by atoms with E-state index in [-0.39, 0.29) is 11.5 Å². The Kier molecular flexibility index (Phi) is 3.61. The second kappa shape index (κ2) is 4.84. The third kappa shape index (κ3) is 2.15. The summed E-state index contributed by atoms with van der Waals surface area (Å²) in [5.41, 5.74) is 13.2. The molecule has 0 saturated heterocycles. The van der Waals surface area contributed by atoms with Gasteiger partial charge in [0.25, 0.3) is 0 Å². The Morgan fingerprint density at radius 1 is 1.47 bits per heavy atom. The average molecular weight is 255 g/mol. The van der Waals surface area contributed by atoms with E-state index in [0.29, 0.717) is 11.6 Å². The van der Waals surface area contributed by atoms with E-state index < -0.39 is 0 Å². The van der Waals surface area contributed by atoms with Gasteiger partial charge in [0.15, 0.2) is 0 Å². The molecule has 3 nitrogen and oxygen atoms in total.